The van der Waals surface area contributed by atoms with Gasteiger partial charge in [-0.3, -0.25) is 0 Å². The molecule has 0 aliphatic rings. The van der Waals surface area contributed by atoms with Gasteiger partial charge in [0.1, 0.15) is 0 Å². The third kappa shape index (κ3) is 1.80. The zero-order valence-electron chi connectivity index (χ0n) is 9.40. The second-order valence-corrected chi connectivity index (χ2v) is 5.36. The van der Waals surface area contributed by atoms with Gasteiger partial charge in [-0.2, -0.15) is 0 Å². The molecule has 1 heterocycles. The average molecular weight is 322 g/mol. The van der Waals surface area contributed by atoms with Crippen LogP contribution >= 0.6 is 27.5 Å². The Balaban J connectivity index is 2.35. The van der Waals surface area contributed by atoms with Gasteiger partial charge in [0.25, 0.3) is 0 Å². The smallest absolute Gasteiger partial charge is 0.0686 e. The third-order valence-corrected chi connectivity index (χ3v) is 3.72. The minimum Gasteiger partial charge on any atom is -0.397 e. The summed E-state index contributed by atoms with van der Waals surface area (Å²) in [6, 6.07) is 13.6. The van der Waals surface area contributed by atoms with Gasteiger partial charge in [0.2, 0.25) is 0 Å². The summed E-state index contributed by atoms with van der Waals surface area (Å²) in [6.45, 7) is 0. The zero-order valence-corrected chi connectivity index (χ0v) is 11.7. The lowest BCUT2D eigenvalue weighted by Gasteiger charge is -2.09. The number of para-hydroxylation sites is 2. The Morgan fingerprint density at radius 1 is 1.11 bits per heavy atom. The number of rotatable bonds is 1. The molecule has 2 aromatic carbocycles. The summed E-state index contributed by atoms with van der Waals surface area (Å²) in [7, 11) is 0. The van der Waals surface area contributed by atoms with Gasteiger partial charge < -0.3 is 10.3 Å². The second-order valence-electron chi connectivity index (χ2n) is 4.07. The fraction of sp³-hybridized carbons (Fsp3) is 0. The van der Waals surface area contributed by atoms with E-state index < -0.39 is 0 Å². The number of nitrogen functional groups attached to an aromatic ring is 1. The van der Waals surface area contributed by atoms with E-state index in [9.17, 15) is 0 Å². The van der Waals surface area contributed by atoms with Crippen LogP contribution in [0.1, 0.15) is 0 Å². The van der Waals surface area contributed by atoms with Crippen molar-refractivity contribution < 1.29 is 0 Å². The number of nitrogens with zero attached hydrogens (tertiary/aromatic N) is 1. The van der Waals surface area contributed by atoms with Crippen LogP contribution in [0, 0.1) is 0 Å². The summed E-state index contributed by atoms with van der Waals surface area (Å²) in [5.74, 6) is 0. The van der Waals surface area contributed by atoms with Gasteiger partial charge in [-0.25, -0.2) is 0 Å². The predicted molar refractivity (Wildman–Crippen MR) is 80.4 cm³/mol. The summed E-state index contributed by atoms with van der Waals surface area (Å²) in [5.41, 5.74) is 8.80. The summed E-state index contributed by atoms with van der Waals surface area (Å²) in [5, 5.41) is 1.80. The molecule has 4 heteroatoms. The van der Waals surface area contributed by atoms with Crippen molar-refractivity contribution in [1.29, 1.82) is 0 Å². The summed E-state index contributed by atoms with van der Waals surface area (Å²) >= 11 is 9.60. The van der Waals surface area contributed by atoms with Crippen LogP contribution in [0.15, 0.2) is 53.1 Å². The van der Waals surface area contributed by atoms with Crippen LogP contribution < -0.4 is 5.73 Å². The van der Waals surface area contributed by atoms with E-state index in [-0.39, 0.29) is 0 Å². The second kappa shape index (κ2) is 4.34. The summed E-state index contributed by atoms with van der Waals surface area (Å²) < 4.78 is 3.02. The number of hydrogen-bond acceptors (Lipinski definition) is 1. The maximum atomic E-state index is 6.05. The molecule has 3 aromatic rings. The van der Waals surface area contributed by atoms with Crippen LogP contribution in [0.4, 0.5) is 5.69 Å². The quantitative estimate of drug-likeness (QED) is 0.651. The van der Waals surface area contributed by atoms with Gasteiger partial charge in [-0.1, -0.05) is 23.7 Å². The van der Waals surface area contributed by atoms with Crippen molar-refractivity contribution in [2.45, 2.75) is 0 Å². The first-order valence-corrected chi connectivity index (χ1v) is 6.65. The summed E-state index contributed by atoms with van der Waals surface area (Å²) in [4.78, 5) is 0. The van der Waals surface area contributed by atoms with E-state index in [1.165, 1.54) is 0 Å². The molecule has 2 N–H and O–H groups in total. The summed E-state index contributed by atoms with van der Waals surface area (Å²) in [6.07, 6.45) is 2.00. The van der Waals surface area contributed by atoms with Crippen molar-refractivity contribution in [3.63, 3.8) is 0 Å². The first-order valence-electron chi connectivity index (χ1n) is 5.48. The first-order chi connectivity index (χ1) is 8.66. The lowest BCUT2D eigenvalue weighted by atomic mass is 10.2. The van der Waals surface area contributed by atoms with Crippen molar-refractivity contribution in [1.82, 2.24) is 4.57 Å². The molecule has 0 bridgehead atoms. The predicted octanol–water partition coefficient (Wildman–Crippen LogP) is 4.63. The molecule has 3 rings (SSSR count). The topological polar surface area (TPSA) is 30.9 Å². The van der Waals surface area contributed by atoms with E-state index in [2.05, 4.69) is 20.5 Å². The van der Waals surface area contributed by atoms with Crippen molar-refractivity contribution >= 4 is 44.1 Å². The monoisotopic (exact) mass is 320 g/mol. The van der Waals surface area contributed by atoms with Gasteiger partial charge in [0.05, 0.1) is 16.9 Å². The van der Waals surface area contributed by atoms with Crippen LogP contribution in [0.5, 0.6) is 0 Å². The highest BCUT2D eigenvalue weighted by atomic mass is 79.9. The van der Waals surface area contributed by atoms with Gasteiger partial charge in [-0.05, 0) is 46.3 Å². The van der Waals surface area contributed by atoms with Gasteiger partial charge >= 0.3 is 0 Å². The molecule has 0 amide bonds. The van der Waals surface area contributed by atoms with Crippen molar-refractivity contribution in [3.8, 4) is 5.69 Å². The van der Waals surface area contributed by atoms with Crippen LogP contribution in [0.2, 0.25) is 5.02 Å². The van der Waals surface area contributed by atoms with Crippen molar-refractivity contribution in [3.05, 3.63) is 58.2 Å². The molecule has 0 unspecified atom stereocenters. The molecule has 0 aliphatic carbocycles. The van der Waals surface area contributed by atoms with Crippen molar-refractivity contribution in [2.24, 2.45) is 0 Å². The van der Waals surface area contributed by atoms with Crippen LogP contribution in [-0.2, 0) is 0 Å². The lowest BCUT2D eigenvalue weighted by molar-refractivity contribution is 1.13. The highest BCUT2D eigenvalue weighted by Crippen LogP contribution is 2.32. The number of anilines is 1. The van der Waals surface area contributed by atoms with Crippen LogP contribution in [-0.4, -0.2) is 4.57 Å². The Bertz CT molecular complexity index is 734. The zero-order chi connectivity index (χ0) is 12.7. The van der Waals surface area contributed by atoms with Gasteiger partial charge in [0.15, 0.2) is 0 Å². The largest absolute Gasteiger partial charge is 0.397 e. The molecule has 1 aromatic heterocycles. The molecule has 18 heavy (non-hydrogen) atoms. The SMILES string of the molecule is Nc1ccccc1-n1ccc2cc(Cl)cc(Br)c21. The van der Waals surface area contributed by atoms with E-state index in [1.54, 1.807) is 0 Å². The average Bonchev–Trinajstić information content (AvgIpc) is 2.73. The molecule has 0 radical (unpaired) electrons. The van der Waals surface area contributed by atoms with E-state index >= 15 is 0 Å². The van der Waals surface area contributed by atoms with E-state index in [4.69, 9.17) is 17.3 Å². The number of fused-ring (bicyclic) bond motifs is 1. The number of nitrogens with two attached hydrogens (primary N) is 1. The van der Waals surface area contributed by atoms with Crippen molar-refractivity contribution in [2.75, 3.05) is 5.73 Å². The molecular weight excluding hydrogens is 312 g/mol. The fourth-order valence-electron chi connectivity index (χ4n) is 2.10. The van der Waals surface area contributed by atoms with Crippen LogP contribution in [0.3, 0.4) is 0 Å². The number of halogens is 2. The Morgan fingerprint density at radius 3 is 2.67 bits per heavy atom. The maximum absolute atomic E-state index is 6.05. The standard InChI is InChI=1S/C14H10BrClN2/c15-11-8-10(16)7-9-5-6-18(14(9)11)13-4-2-1-3-12(13)17/h1-8H,17H2. The molecule has 0 saturated heterocycles. The minimum absolute atomic E-state index is 0.716. The third-order valence-electron chi connectivity index (χ3n) is 2.90. The first kappa shape index (κ1) is 11.6. The molecular formula is C14H10BrClN2. The van der Waals surface area contributed by atoms with Gasteiger partial charge in [0, 0.05) is 21.1 Å². The fourth-order valence-corrected chi connectivity index (χ4v) is 3.13. The normalized spacial score (nSPS) is 11.0. The van der Waals surface area contributed by atoms with Crippen LogP contribution in [0.25, 0.3) is 16.6 Å². The Hall–Kier alpha value is -1.45. The molecule has 0 spiro atoms. The minimum atomic E-state index is 0.716. The molecule has 0 saturated carbocycles. The lowest BCUT2D eigenvalue weighted by Crippen LogP contribution is -1.98. The van der Waals surface area contributed by atoms with Gasteiger partial charge in [-0.15, -0.1) is 0 Å². The Kier molecular flexibility index (Phi) is 2.80. The Labute approximate surface area is 118 Å². The molecule has 0 fully saturated rings. The molecule has 0 aliphatic heterocycles. The molecule has 0 atom stereocenters. The Morgan fingerprint density at radius 2 is 1.89 bits per heavy atom. The number of benzene rings is 2. The number of aromatic nitrogens is 1. The maximum Gasteiger partial charge on any atom is 0.0686 e. The molecule has 90 valence electrons. The molecule has 2 nitrogen and oxygen atoms in total. The highest BCUT2D eigenvalue weighted by Gasteiger charge is 2.09. The number of hydrogen-bond donors (Lipinski definition) is 1. The highest BCUT2D eigenvalue weighted by molar-refractivity contribution is 9.10. The van der Waals surface area contributed by atoms with E-state index in [0.29, 0.717) is 5.02 Å². The van der Waals surface area contributed by atoms with E-state index in [0.717, 1.165) is 26.8 Å². The van der Waals surface area contributed by atoms with E-state index in [1.807, 2.05) is 48.7 Å².